The van der Waals surface area contributed by atoms with Gasteiger partial charge in [-0.15, -0.1) is 0 Å². The van der Waals surface area contributed by atoms with Crippen LogP contribution in [0.25, 0.3) is 27.9 Å². The highest BCUT2D eigenvalue weighted by molar-refractivity contribution is 5.84. The minimum absolute atomic E-state index is 0.368. The average Bonchev–Trinajstić information content (AvgIpc) is 3.40. The van der Waals surface area contributed by atoms with Crippen molar-refractivity contribution in [1.82, 2.24) is 19.3 Å². The molecule has 3 aromatic heterocycles. The Morgan fingerprint density at radius 2 is 1.93 bits per heavy atom. The SMILES string of the molecule is Cc1cn2cc(-c3cc4ccc(N5CC6CC5CN6C)cc4oc3=O)nc2c(C)n1. The number of aryl methyl sites for hydroxylation is 2. The smallest absolute Gasteiger partial charge is 0.345 e. The van der Waals surface area contributed by atoms with Crippen molar-refractivity contribution in [3.63, 3.8) is 0 Å². The number of benzene rings is 1. The lowest BCUT2D eigenvalue weighted by Gasteiger charge is -2.33. The van der Waals surface area contributed by atoms with Gasteiger partial charge in [0.1, 0.15) is 5.58 Å². The van der Waals surface area contributed by atoms with Gasteiger partial charge in [-0.05, 0) is 45.5 Å². The van der Waals surface area contributed by atoms with Crippen LogP contribution in [-0.2, 0) is 0 Å². The number of piperazine rings is 1. The molecular formula is C23H23N5O2. The van der Waals surface area contributed by atoms with E-state index in [1.807, 2.05) is 48.8 Å². The van der Waals surface area contributed by atoms with Gasteiger partial charge in [0.15, 0.2) is 5.65 Å². The molecule has 30 heavy (non-hydrogen) atoms. The summed E-state index contributed by atoms with van der Waals surface area (Å²) in [4.78, 5) is 26.8. The molecule has 0 aliphatic carbocycles. The molecule has 2 bridgehead atoms. The molecule has 5 heterocycles. The number of aromatic nitrogens is 3. The predicted octanol–water partition coefficient (Wildman–Crippen LogP) is 3.01. The van der Waals surface area contributed by atoms with E-state index in [1.165, 1.54) is 6.42 Å². The fourth-order valence-corrected chi connectivity index (χ4v) is 5.07. The van der Waals surface area contributed by atoms with Crippen LogP contribution in [0.15, 0.2) is 45.9 Å². The normalized spacial score (nSPS) is 21.4. The van der Waals surface area contributed by atoms with Crippen LogP contribution in [0.1, 0.15) is 17.8 Å². The van der Waals surface area contributed by atoms with Gasteiger partial charge in [-0.25, -0.2) is 9.78 Å². The fourth-order valence-electron chi connectivity index (χ4n) is 5.07. The van der Waals surface area contributed by atoms with Gasteiger partial charge in [-0.3, -0.25) is 9.88 Å². The maximum absolute atomic E-state index is 12.8. The van der Waals surface area contributed by atoms with Crippen molar-refractivity contribution in [2.45, 2.75) is 32.4 Å². The molecule has 0 amide bonds. The molecule has 152 valence electrons. The summed E-state index contributed by atoms with van der Waals surface area (Å²) in [6.45, 7) is 5.99. The van der Waals surface area contributed by atoms with Crippen LogP contribution in [0, 0.1) is 13.8 Å². The number of likely N-dealkylation sites (tertiary alicyclic amines) is 1. The minimum Gasteiger partial charge on any atom is -0.422 e. The first kappa shape index (κ1) is 17.7. The number of nitrogens with zero attached hydrogens (tertiary/aromatic N) is 5. The highest BCUT2D eigenvalue weighted by Gasteiger charge is 2.41. The molecule has 7 nitrogen and oxygen atoms in total. The standard InChI is InChI=1S/C23H23N5O2/c1-13-9-27-12-20(25-22(27)14(2)24-13)19-6-15-4-5-16(8-21(15)30-23(19)29)28-11-17-7-18(28)10-26(17)3/h4-6,8-9,12,17-18H,7,10-11H2,1-3H3. The molecule has 2 atom stereocenters. The van der Waals surface area contributed by atoms with Gasteiger partial charge in [-0.1, -0.05) is 0 Å². The van der Waals surface area contributed by atoms with E-state index in [4.69, 9.17) is 4.42 Å². The topological polar surface area (TPSA) is 66.9 Å². The lowest BCUT2D eigenvalue weighted by Crippen LogP contribution is -2.44. The number of hydrogen-bond acceptors (Lipinski definition) is 6. The number of anilines is 1. The summed E-state index contributed by atoms with van der Waals surface area (Å²) in [6, 6.07) is 9.22. The van der Waals surface area contributed by atoms with Crippen molar-refractivity contribution in [2.75, 3.05) is 25.0 Å². The number of imidazole rings is 1. The van der Waals surface area contributed by atoms with Gasteiger partial charge >= 0.3 is 5.63 Å². The van der Waals surface area contributed by atoms with Gasteiger partial charge in [0, 0.05) is 54.7 Å². The molecule has 0 N–H and O–H groups in total. The Morgan fingerprint density at radius 1 is 1.07 bits per heavy atom. The second kappa shape index (κ2) is 6.15. The fraction of sp³-hybridized carbons (Fsp3) is 0.348. The van der Waals surface area contributed by atoms with Crippen LogP contribution in [0.5, 0.6) is 0 Å². The molecule has 2 fully saturated rings. The van der Waals surface area contributed by atoms with Crippen molar-refractivity contribution in [3.05, 3.63) is 58.5 Å². The highest BCUT2D eigenvalue weighted by atomic mass is 16.4. The Bertz CT molecular complexity index is 1370. The predicted molar refractivity (Wildman–Crippen MR) is 116 cm³/mol. The quantitative estimate of drug-likeness (QED) is 0.481. The first-order valence-corrected chi connectivity index (χ1v) is 10.3. The summed E-state index contributed by atoms with van der Waals surface area (Å²) in [6.07, 6.45) is 4.98. The van der Waals surface area contributed by atoms with E-state index in [1.54, 1.807) is 0 Å². The zero-order chi connectivity index (χ0) is 20.6. The minimum atomic E-state index is -0.368. The zero-order valence-corrected chi connectivity index (χ0v) is 17.3. The Morgan fingerprint density at radius 3 is 2.70 bits per heavy atom. The van der Waals surface area contributed by atoms with E-state index in [0.717, 1.165) is 41.2 Å². The van der Waals surface area contributed by atoms with Crippen LogP contribution < -0.4 is 10.5 Å². The van der Waals surface area contributed by atoms with Crippen LogP contribution in [-0.4, -0.2) is 51.5 Å². The van der Waals surface area contributed by atoms with Crippen molar-refractivity contribution < 1.29 is 4.42 Å². The molecule has 0 radical (unpaired) electrons. The second-order valence-electron chi connectivity index (χ2n) is 8.63. The molecule has 2 aliphatic rings. The maximum atomic E-state index is 12.8. The molecule has 7 heteroatoms. The van der Waals surface area contributed by atoms with E-state index < -0.39 is 0 Å². The molecule has 2 saturated heterocycles. The highest BCUT2D eigenvalue weighted by Crippen LogP contribution is 2.35. The Hall–Kier alpha value is -3.19. The van der Waals surface area contributed by atoms with Gasteiger partial charge in [0.25, 0.3) is 0 Å². The number of likely N-dealkylation sites (N-methyl/N-ethyl adjacent to an activating group) is 1. The second-order valence-corrected chi connectivity index (χ2v) is 8.63. The van der Waals surface area contributed by atoms with E-state index >= 15 is 0 Å². The van der Waals surface area contributed by atoms with Crippen LogP contribution in [0.2, 0.25) is 0 Å². The molecule has 2 unspecified atom stereocenters. The van der Waals surface area contributed by atoms with E-state index in [9.17, 15) is 4.79 Å². The zero-order valence-electron chi connectivity index (χ0n) is 17.3. The van der Waals surface area contributed by atoms with Crippen molar-refractivity contribution in [2.24, 2.45) is 0 Å². The summed E-state index contributed by atoms with van der Waals surface area (Å²) < 4.78 is 7.66. The first-order chi connectivity index (χ1) is 14.5. The van der Waals surface area contributed by atoms with Crippen LogP contribution in [0.4, 0.5) is 5.69 Å². The Balaban J connectivity index is 1.41. The van der Waals surface area contributed by atoms with Crippen LogP contribution >= 0.6 is 0 Å². The van der Waals surface area contributed by atoms with E-state index in [-0.39, 0.29) is 5.63 Å². The molecule has 6 rings (SSSR count). The van der Waals surface area contributed by atoms with Gasteiger partial charge in [0.05, 0.1) is 22.6 Å². The summed E-state index contributed by atoms with van der Waals surface area (Å²) in [5, 5.41) is 0.901. The number of rotatable bonds is 2. The van der Waals surface area contributed by atoms with Gasteiger partial charge in [0.2, 0.25) is 0 Å². The lowest BCUT2D eigenvalue weighted by molar-refractivity contribution is 0.292. The summed E-state index contributed by atoms with van der Waals surface area (Å²) in [7, 11) is 2.20. The largest absolute Gasteiger partial charge is 0.422 e. The average molecular weight is 401 g/mol. The molecule has 4 aromatic rings. The summed E-state index contributed by atoms with van der Waals surface area (Å²) in [5.41, 5.74) is 4.94. The van der Waals surface area contributed by atoms with Crippen molar-refractivity contribution in [1.29, 1.82) is 0 Å². The Kier molecular flexibility index (Phi) is 3.62. The summed E-state index contributed by atoms with van der Waals surface area (Å²) >= 11 is 0. The van der Waals surface area contributed by atoms with E-state index in [2.05, 4.69) is 32.9 Å². The third-order valence-electron chi connectivity index (χ3n) is 6.57. The monoisotopic (exact) mass is 401 g/mol. The molecular weight excluding hydrogens is 378 g/mol. The third kappa shape index (κ3) is 2.58. The molecule has 1 aromatic carbocycles. The van der Waals surface area contributed by atoms with Crippen molar-refractivity contribution >= 4 is 22.3 Å². The lowest BCUT2D eigenvalue weighted by atomic mass is 10.1. The first-order valence-electron chi connectivity index (χ1n) is 10.3. The summed E-state index contributed by atoms with van der Waals surface area (Å²) in [5.74, 6) is 0. The van der Waals surface area contributed by atoms with Crippen LogP contribution in [0.3, 0.4) is 0 Å². The van der Waals surface area contributed by atoms with Crippen molar-refractivity contribution in [3.8, 4) is 11.3 Å². The maximum Gasteiger partial charge on any atom is 0.345 e. The van der Waals surface area contributed by atoms with Gasteiger partial charge in [-0.2, -0.15) is 0 Å². The molecule has 0 spiro atoms. The Labute approximate surface area is 173 Å². The molecule has 2 aliphatic heterocycles. The molecule has 0 saturated carbocycles. The van der Waals surface area contributed by atoms with E-state index in [0.29, 0.717) is 28.9 Å². The van der Waals surface area contributed by atoms with Gasteiger partial charge < -0.3 is 13.7 Å². The third-order valence-corrected chi connectivity index (χ3v) is 6.57. The number of fused-ring (bicyclic) bond motifs is 4. The number of hydrogen-bond donors (Lipinski definition) is 0.